The molecule has 0 saturated heterocycles. The molecule has 0 aliphatic rings. The van der Waals surface area contributed by atoms with E-state index in [4.69, 9.17) is 10.4 Å². The Morgan fingerprint density at radius 3 is 2.33 bits per heavy atom. The minimum absolute atomic E-state index is 0.0651. The highest BCUT2D eigenvalue weighted by Crippen LogP contribution is 2.14. The third-order valence-corrected chi connectivity index (χ3v) is 2.15. The molecule has 0 aliphatic heterocycles. The van der Waals surface area contributed by atoms with E-state index in [1.807, 2.05) is 6.07 Å². The SMILES string of the molecule is CC(C)C(C)(C#N)NC(=O)/C=C\C(=O)O. The first-order valence-corrected chi connectivity index (χ1v) is 4.46. The van der Waals surface area contributed by atoms with Crippen LogP contribution >= 0.6 is 0 Å². The molecule has 15 heavy (non-hydrogen) atoms. The molecule has 0 heterocycles. The molecule has 0 aromatic rings. The summed E-state index contributed by atoms with van der Waals surface area (Å²) in [5.41, 5.74) is -0.986. The number of nitrogens with zero attached hydrogens (tertiary/aromatic N) is 1. The zero-order valence-corrected chi connectivity index (χ0v) is 8.94. The third kappa shape index (κ3) is 4.27. The van der Waals surface area contributed by atoms with E-state index in [1.165, 1.54) is 0 Å². The van der Waals surface area contributed by atoms with Crippen LogP contribution in [0.3, 0.4) is 0 Å². The lowest BCUT2D eigenvalue weighted by Gasteiger charge is -2.26. The highest BCUT2D eigenvalue weighted by Gasteiger charge is 2.29. The fourth-order valence-electron chi connectivity index (χ4n) is 0.746. The minimum Gasteiger partial charge on any atom is -0.478 e. The van der Waals surface area contributed by atoms with Crippen LogP contribution in [0, 0.1) is 17.2 Å². The normalized spacial score (nSPS) is 14.6. The lowest BCUT2D eigenvalue weighted by Crippen LogP contribution is -2.48. The Balaban J connectivity index is 4.53. The van der Waals surface area contributed by atoms with E-state index in [0.717, 1.165) is 12.2 Å². The van der Waals surface area contributed by atoms with Gasteiger partial charge in [0.2, 0.25) is 5.91 Å². The van der Waals surface area contributed by atoms with Gasteiger partial charge in [-0.1, -0.05) is 13.8 Å². The van der Waals surface area contributed by atoms with Crippen molar-refractivity contribution in [1.82, 2.24) is 5.32 Å². The molecule has 0 aromatic heterocycles. The Morgan fingerprint density at radius 2 is 2.00 bits per heavy atom. The van der Waals surface area contributed by atoms with Crippen molar-refractivity contribution in [1.29, 1.82) is 5.26 Å². The summed E-state index contributed by atoms with van der Waals surface area (Å²) < 4.78 is 0. The average molecular weight is 210 g/mol. The highest BCUT2D eigenvalue weighted by molar-refractivity contribution is 5.94. The van der Waals surface area contributed by atoms with E-state index in [1.54, 1.807) is 20.8 Å². The van der Waals surface area contributed by atoms with Gasteiger partial charge in [-0.25, -0.2) is 4.79 Å². The largest absolute Gasteiger partial charge is 0.478 e. The second-order valence-electron chi connectivity index (χ2n) is 3.63. The van der Waals surface area contributed by atoms with Crippen molar-refractivity contribution < 1.29 is 14.7 Å². The lowest BCUT2D eigenvalue weighted by atomic mass is 9.90. The Bertz CT molecular complexity index is 328. The van der Waals surface area contributed by atoms with Crippen molar-refractivity contribution in [3.8, 4) is 6.07 Å². The molecule has 0 radical (unpaired) electrons. The Kier molecular flexibility index (Phi) is 4.52. The van der Waals surface area contributed by atoms with Gasteiger partial charge in [0.05, 0.1) is 6.07 Å². The molecule has 1 atom stereocenters. The molecule has 0 saturated carbocycles. The molecule has 1 unspecified atom stereocenters. The Hall–Kier alpha value is -1.83. The number of nitrogens with one attached hydrogen (secondary N) is 1. The number of carboxylic acid groups (broad SMARTS) is 1. The standard InChI is InChI=1S/C10H14N2O3/c1-7(2)10(3,6-11)12-8(13)4-5-9(14)15/h4-5,7H,1-3H3,(H,12,13)(H,14,15)/b5-4-. The topological polar surface area (TPSA) is 90.2 Å². The van der Waals surface area contributed by atoms with Gasteiger partial charge in [0.1, 0.15) is 5.54 Å². The van der Waals surface area contributed by atoms with Crippen molar-refractivity contribution in [2.45, 2.75) is 26.3 Å². The van der Waals surface area contributed by atoms with Gasteiger partial charge in [0.15, 0.2) is 0 Å². The third-order valence-electron chi connectivity index (χ3n) is 2.15. The molecule has 82 valence electrons. The summed E-state index contributed by atoms with van der Waals surface area (Å²) in [6.07, 6.45) is 1.62. The summed E-state index contributed by atoms with van der Waals surface area (Å²) in [5, 5.41) is 19.6. The predicted molar refractivity (Wildman–Crippen MR) is 53.8 cm³/mol. The lowest BCUT2D eigenvalue weighted by molar-refractivity contribution is -0.131. The molecule has 0 bridgehead atoms. The fourth-order valence-corrected chi connectivity index (χ4v) is 0.746. The van der Waals surface area contributed by atoms with Gasteiger partial charge in [0.25, 0.3) is 0 Å². The van der Waals surface area contributed by atoms with Crippen molar-refractivity contribution >= 4 is 11.9 Å². The van der Waals surface area contributed by atoms with E-state index in [9.17, 15) is 9.59 Å². The molecule has 0 aromatic carbocycles. The van der Waals surface area contributed by atoms with Gasteiger partial charge >= 0.3 is 5.97 Å². The van der Waals surface area contributed by atoms with E-state index in [2.05, 4.69) is 5.32 Å². The smallest absolute Gasteiger partial charge is 0.328 e. The maximum atomic E-state index is 11.2. The van der Waals surface area contributed by atoms with Crippen LogP contribution in [-0.2, 0) is 9.59 Å². The first-order chi connectivity index (χ1) is 6.81. The van der Waals surface area contributed by atoms with Crippen molar-refractivity contribution in [3.63, 3.8) is 0 Å². The van der Waals surface area contributed by atoms with Crippen molar-refractivity contribution in [2.24, 2.45) is 5.92 Å². The molecule has 0 fully saturated rings. The summed E-state index contributed by atoms with van der Waals surface area (Å²) >= 11 is 0. The van der Waals surface area contributed by atoms with Crippen LogP contribution in [0.4, 0.5) is 0 Å². The fraction of sp³-hybridized carbons (Fsp3) is 0.500. The van der Waals surface area contributed by atoms with E-state index < -0.39 is 17.4 Å². The second-order valence-corrected chi connectivity index (χ2v) is 3.63. The predicted octanol–water partition coefficient (Wildman–Crippen LogP) is 0.682. The number of rotatable bonds is 4. The van der Waals surface area contributed by atoms with E-state index in [0.29, 0.717) is 0 Å². The molecule has 0 aliphatic carbocycles. The van der Waals surface area contributed by atoms with Gasteiger partial charge in [-0.2, -0.15) is 5.26 Å². The number of aliphatic carboxylic acids is 1. The zero-order chi connectivity index (χ0) is 12.1. The highest BCUT2D eigenvalue weighted by atomic mass is 16.4. The summed E-state index contributed by atoms with van der Waals surface area (Å²) in [6, 6.07) is 1.98. The van der Waals surface area contributed by atoms with Crippen LogP contribution < -0.4 is 5.32 Å². The van der Waals surface area contributed by atoms with Gasteiger partial charge in [-0.15, -0.1) is 0 Å². The summed E-state index contributed by atoms with van der Waals surface area (Å²) in [7, 11) is 0. The maximum absolute atomic E-state index is 11.2. The van der Waals surface area contributed by atoms with Gasteiger partial charge in [-0.05, 0) is 12.8 Å². The van der Waals surface area contributed by atoms with Crippen LogP contribution in [0.5, 0.6) is 0 Å². The maximum Gasteiger partial charge on any atom is 0.328 e. The molecule has 1 amide bonds. The number of hydrogen-bond acceptors (Lipinski definition) is 3. The summed E-state index contributed by atoms with van der Waals surface area (Å²) in [5.74, 6) is -1.85. The van der Waals surface area contributed by atoms with Gasteiger partial charge < -0.3 is 10.4 Å². The molecule has 5 nitrogen and oxygen atoms in total. The van der Waals surface area contributed by atoms with Gasteiger partial charge in [0, 0.05) is 12.2 Å². The molecular formula is C10H14N2O3. The molecule has 5 heteroatoms. The Labute approximate surface area is 88.4 Å². The summed E-state index contributed by atoms with van der Waals surface area (Å²) in [4.78, 5) is 21.4. The second kappa shape index (κ2) is 5.15. The number of carbonyl (C=O) groups is 2. The van der Waals surface area contributed by atoms with Crippen LogP contribution in [0.1, 0.15) is 20.8 Å². The van der Waals surface area contributed by atoms with Crippen LogP contribution in [0.2, 0.25) is 0 Å². The molecule has 0 spiro atoms. The zero-order valence-electron chi connectivity index (χ0n) is 8.94. The number of amides is 1. The average Bonchev–Trinajstić information content (AvgIpc) is 2.14. The number of carbonyl (C=O) groups excluding carboxylic acids is 1. The first kappa shape index (κ1) is 13.2. The number of nitriles is 1. The van der Waals surface area contributed by atoms with Crippen molar-refractivity contribution in [3.05, 3.63) is 12.2 Å². The van der Waals surface area contributed by atoms with Gasteiger partial charge in [-0.3, -0.25) is 4.79 Å². The molecular weight excluding hydrogens is 196 g/mol. The Morgan fingerprint density at radius 1 is 1.47 bits per heavy atom. The first-order valence-electron chi connectivity index (χ1n) is 4.46. The van der Waals surface area contributed by atoms with Crippen LogP contribution in [0.25, 0.3) is 0 Å². The van der Waals surface area contributed by atoms with Crippen molar-refractivity contribution in [2.75, 3.05) is 0 Å². The van der Waals surface area contributed by atoms with Crippen LogP contribution in [-0.4, -0.2) is 22.5 Å². The van der Waals surface area contributed by atoms with E-state index in [-0.39, 0.29) is 5.92 Å². The minimum atomic E-state index is -1.20. The summed E-state index contributed by atoms with van der Waals surface area (Å²) in [6.45, 7) is 5.18. The quantitative estimate of drug-likeness (QED) is 0.667. The number of carboxylic acids is 1. The van der Waals surface area contributed by atoms with Crippen LogP contribution in [0.15, 0.2) is 12.2 Å². The number of hydrogen-bond donors (Lipinski definition) is 2. The van der Waals surface area contributed by atoms with E-state index >= 15 is 0 Å². The molecule has 2 N–H and O–H groups in total. The molecule has 0 rings (SSSR count). The monoisotopic (exact) mass is 210 g/mol.